The van der Waals surface area contributed by atoms with Crippen molar-refractivity contribution < 1.29 is 4.39 Å². The van der Waals surface area contributed by atoms with E-state index in [0.29, 0.717) is 13.2 Å². The molecule has 2 rings (SSSR count). The van der Waals surface area contributed by atoms with Gasteiger partial charge in [0.25, 0.3) is 0 Å². The number of halogens is 2. The SMILES string of the molecule is NCC1NCN2C=CC(Cl)=C(F)C12. The Morgan fingerprint density at radius 1 is 1.77 bits per heavy atom. The van der Waals surface area contributed by atoms with E-state index in [0.717, 1.165) is 0 Å². The van der Waals surface area contributed by atoms with Crippen LogP contribution in [0.15, 0.2) is 23.1 Å². The summed E-state index contributed by atoms with van der Waals surface area (Å²) in [5.74, 6) is -0.287. The van der Waals surface area contributed by atoms with Crippen molar-refractivity contribution in [1.29, 1.82) is 0 Å². The normalized spacial score (nSPS) is 32.7. The van der Waals surface area contributed by atoms with Crippen molar-refractivity contribution in [3.05, 3.63) is 23.1 Å². The molecule has 5 heteroatoms. The van der Waals surface area contributed by atoms with E-state index in [2.05, 4.69) is 5.32 Å². The second kappa shape index (κ2) is 3.29. The third-order valence-electron chi connectivity index (χ3n) is 2.43. The van der Waals surface area contributed by atoms with Crippen molar-refractivity contribution in [3.63, 3.8) is 0 Å². The molecular formula is C8H11ClFN3. The molecular weight excluding hydrogens is 193 g/mol. The molecule has 0 radical (unpaired) electrons. The Hall–Kier alpha value is -0.580. The van der Waals surface area contributed by atoms with Crippen LogP contribution in [-0.2, 0) is 0 Å². The standard InChI is InChI=1S/C8H11ClFN3/c9-5-1-2-13-4-12-6(3-11)8(13)7(5)10/h1-2,6,8,12H,3-4,11H2. The Bertz CT molecular complexity index is 277. The maximum atomic E-state index is 13.5. The van der Waals surface area contributed by atoms with E-state index >= 15 is 0 Å². The Labute approximate surface area is 81.0 Å². The summed E-state index contributed by atoms with van der Waals surface area (Å²) in [6.45, 7) is 1.03. The highest BCUT2D eigenvalue weighted by Crippen LogP contribution is 2.29. The number of allylic oxidation sites excluding steroid dienone is 2. The molecule has 0 aromatic carbocycles. The minimum atomic E-state index is -0.317. The van der Waals surface area contributed by atoms with Gasteiger partial charge in [-0.2, -0.15) is 0 Å². The zero-order chi connectivity index (χ0) is 9.42. The molecule has 2 aliphatic rings. The Morgan fingerprint density at radius 3 is 3.23 bits per heavy atom. The van der Waals surface area contributed by atoms with Crippen molar-refractivity contribution in [2.24, 2.45) is 5.73 Å². The van der Waals surface area contributed by atoms with Crippen molar-refractivity contribution in [2.45, 2.75) is 12.1 Å². The summed E-state index contributed by atoms with van der Waals surface area (Å²) < 4.78 is 13.5. The molecule has 0 saturated carbocycles. The first-order valence-corrected chi connectivity index (χ1v) is 4.54. The third kappa shape index (κ3) is 1.35. The molecule has 0 bridgehead atoms. The zero-order valence-corrected chi connectivity index (χ0v) is 7.76. The maximum absolute atomic E-state index is 13.5. The van der Waals surface area contributed by atoms with Gasteiger partial charge in [-0.3, -0.25) is 5.32 Å². The van der Waals surface area contributed by atoms with Crippen LogP contribution in [0.1, 0.15) is 0 Å². The van der Waals surface area contributed by atoms with Crippen molar-refractivity contribution in [3.8, 4) is 0 Å². The van der Waals surface area contributed by atoms with Gasteiger partial charge in [0, 0.05) is 18.8 Å². The number of fused-ring (bicyclic) bond motifs is 1. The van der Waals surface area contributed by atoms with Crippen LogP contribution in [-0.4, -0.2) is 30.2 Å². The summed E-state index contributed by atoms with van der Waals surface area (Å²) in [4.78, 5) is 1.86. The van der Waals surface area contributed by atoms with E-state index < -0.39 is 0 Å². The lowest BCUT2D eigenvalue weighted by Crippen LogP contribution is -2.41. The lowest BCUT2D eigenvalue weighted by molar-refractivity contribution is 0.319. The fourth-order valence-corrected chi connectivity index (χ4v) is 1.89. The highest BCUT2D eigenvalue weighted by atomic mass is 35.5. The van der Waals surface area contributed by atoms with Crippen LogP contribution in [0.5, 0.6) is 0 Å². The topological polar surface area (TPSA) is 41.3 Å². The Kier molecular flexibility index (Phi) is 2.27. The minimum Gasteiger partial charge on any atom is -0.354 e. The minimum absolute atomic E-state index is 0.0429. The fourth-order valence-electron chi connectivity index (χ4n) is 1.73. The van der Waals surface area contributed by atoms with E-state index in [1.165, 1.54) is 0 Å². The molecule has 3 N–H and O–H groups in total. The maximum Gasteiger partial charge on any atom is 0.143 e. The van der Waals surface area contributed by atoms with Gasteiger partial charge in [-0.15, -0.1) is 0 Å². The summed E-state index contributed by atoms with van der Waals surface area (Å²) in [7, 11) is 0. The van der Waals surface area contributed by atoms with E-state index in [-0.39, 0.29) is 22.9 Å². The smallest absolute Gasteiger partial charge is 0.143 e. The van der Waals surface area contributed by atoms with Crippen molar-refractivity contribution in [2.75, 3.05) is 13.2 Å². The summed E-state index contributed by atoms with van der Waals surface area (Å²) in [5.41, 5.74) is 5.50. The molecule has 0 aliphatic carbocycles. The number of nitrogens with zero attached hydrogens (tertiary/aromatic N) is 1. The van der Waals surface area contributed by atoms with Gasteiger partial charge >= 0.3 is 0 Å². The number of nitrogens with one attached hydrogen (secondary N) is 1. The van der Waals surface area contributed by atoms with Crippen LogP contribution in [0.4, 0.5) is 4.39 Å². The van der Waals surface area contributed by atoms with Gasteiger partial charge < -0.3 is 10.6 Å². The first kappa shape index (κ1) is 8.99. The average molecular weight is 204 g/mol. The second-order valence-corrected chi connectivity index (χ2v) is 3.58. The second-order valence-electron chi connectivity index (χ2n) is 3.18. The monoisotopic (exact) mass is 203 g/mol. The quantitative estimate of drug-likeness (QED) is 0.652. The van der Waals surface area contributed by atoms with Gasteiger partial charge in [-0.05, 0) is 6.08 Å². The van der Waals surface area contributed by atoms with Crippen LogP contribution in [0.25, 0.3) is 0 Å². The van der Waals surface area contributed by atoms with Crippen LogP contribution < -0.4 is 11.1 Å². The molecule has 2 atom stereocenters. The molecule has 13 heavy (non-hydrogen) atoms. The largest absolute Gasteiger partial charge is 0.354 e. The molecule has 2 aliphatic heterocycles. The van der Waals surface area contributed by atoms with Gasteiger partial charge in [0.1, 0.15) is 5.83 Å². The molecule has 0 spiro atoms. The number of rotatable bonds is 1. The van der Waals surface area contributed by atoms with Crippen molar-refractivity contribution in [1.82, 2.24) is 10.2 Å². The first-order chi connectivity index (χ1) is 6.24. The summed E-state index contributed by atoms with van der Waals surface area (Å²) in [5, 5.41) is 3.30. The summed E-state index contributed by atoms with van der Waals surface area (Å²) >= 11 is 5.68. The summed E-state index contributed by atoms with van der Waals surface area (Å²) in [6.07, 6.45) is 3.35. The number of hydrogen-bond donors (Lipinski definition) is 2. The van der Waals surface area contributed by atoms with Crippen LogP contribution in [0.3, 0.4) is 0 Å². The number of nitrogens with two attached hydrogens (primary N) is 1. The molecule has 1 fully saturated rings. The Morgan fingerprint density at radius 2 is 2.54 bits per heavy atom. The van der Waals surface area contributed by atoms with E-state index in [4.69, 9.17) is 17.3 Å². The van der Waals surface area contributed by atoms with Crippen LogP contribution >= 0.6 is 11.6 Å². The molecule has 3 nitrogen and oxygen atoms in total. The first-order valence-electron chi connectivity index (χ1n) is 4.16. The summed E-state index contributed by atoms with van der Waals surface area (Å²) in [6, 6.07) is -0.360. The number of hydrogen-bond acceptors (Lipinski definition) is 3. The average Bonchev–Trinajstić information content (AvgIpc) is 2.55. The molecule has 2 unspecified atom stereocenters. The molecule has 0 aromatic heterocycles. The molecule has 0 aromatic rings. The van der Waals surface area contributed by atoms with Crippen LogP contribution in [0.2, 0.25) is 0 Å². The van der Waals surface area contributed by atoms with E-state index in [9.17, 15) is 4.39 Å². The fraction of sp³-hybridized carbons (Fsp3) is 0.500. The lowest BCUT2D eigenvalue weighted by Gasteiger charge is -2.26. The van der Waals surface area contributed by atoms with Gasteiger partial charge in [0.15, 0.2) is 0 Å². The highest BCUT2D eigenvalue weighted by molar-refractivity contribution is 6.31. The molecule has 1 saturated heterocycles. The zero-order valence-electron chi connectivity index (χ0n) is 7.00. The molecule has 0 amide bonds. The lowest BCUT2D eigenvalue weighted by atomic mass is 10.1. The molecule has 72 valence electrons. The Balaban J connectivity index is 2.28. The van der Waals surface area contributed by atoms with Gasteiger partial charge in [-0.1, -0.05) is 11.6 Å². The van der Waals surface area contributed by atoms with Crippen LogP contribution in [0, 0.1) is 0 Å². The van der Waals surface area contributed by atoms with Gasteiger partial charge in [-0.25, -0.2) is 4.39 Å². The van der Waals surface area contributed by atoms with Gasteiger partial charge in [0.2, 0.25) is 0 Å². The highest BCUT2D eigenvalue weighted by Gasteiger charge is 2.37. The van der Waals surface area contributed by atoms with E-state index in [1.807, 2.05) is 4.90 Å². The predicted octanol–water partition coefficient (Wildman–Crippen LogP) is 0.492. The van der Waals surface area contributed by atoms with Gasteiger partial charge in [0.05, 0.1) is 17.7 Å². The van der Waals surface area contributed by atoms with Crippen molar-refractivity contribution >= 4 is 11.6 Å². The molecule has 2 heterocycles. The third-order valence-corrected chi connectivity index (χ3v) is 2.74. The van der Waals surface area contributed by atoms with E-state index in [1.54, 1.807) is 12.3 Å². The predicted molar refractivity (Wildman–Crippen MR) is 49.6 cm³/mol.